The highest BCUT2D eigenvalue weighted by Gasteiger charge is 2.35. The number of nitrogens with zero attached hydrogens (tertiary/aromatic N) is 3. The Labute approximate surface area is 131 Å². The van der Waals surface area contributed by atoms with Crippen LogP contribution < -0.4 is 0 Å². The van der Waals surface area contributed by atoms with Crippen LogP contribution in [0.5, 0.6) is 0 Å². The number of amides is 1. The highest BCUT2D eigenvalue weighted by Crippen LogP contribution is 2.37. The zero-order chi connectivity index (χ0) is 16.5. The fourth-order valence-electron chi connectivity index (χ4n) is 2.73. The molecule has 1 aromatic rings. The summed E-state index contributed by atoms with van der Waals surface area (Å²) in [6.07, 6.45) is -2.97. The van der Waals surface area contributed by atoms with Crippen molar-refractivity contribution in [3.05, 3.63) is 16.4 Å². The Balaban J connectivity index is 2.06. The van der Waals surface area contributed by atoms with Crippen LogP contribution >= 0.6 is 11.6 Å². The van der Waals surface area contributed by atoms with Crippen molar-refractivity contribution < 1.29 is 22.7 Å². The lowest BCUT2D eigenvalue weighted by Gasteiger charge is -2.25. The van der Waals surface area contributed by atoms with Crippen LogP contribution in [0, 0.1) is 6.92 Å². The zero-order valence-corrected chi connectivity index (χ0v) is 13.0. The van der Waals surface area contributed by atoms with Gasteiger partial charge in [-0.05, 0) is 19.8 Å². The number of hydrogen-bond acceptors (Lipinski definition) is 3. The summed E-state index contributed by atoms with van der Waals surface area (Å²) in [5.41, 5.74) is 1.47. The predicted molar refractivity (Wildman–Crippen MR) is 73.5 cm³/mol. The highest BCUT2D eigenvalue weighted by molar-refractivity contribution is 6.30. The van der Waals surface area contributed by atoms with Crippen molar-refractivity contribution in [3.8, 4) is 0 Å². The predicted octanol–water partition coefficient (Wildman–Crippen LogP) is 2.62. The molecule has 124 valence electrons. The molecule has 0 bridgehead atoms. The summed E-state index contributed by atoms with van der Waals surface area (Å²) in [6.45, 7) is 0.253. The van der Waals surface area contributed by atoms with E-state index in [0.717, 1.165) is 12.0 Å². The van der Waals surface area contributed by atoms with Crippen molar-refractivity contribution in [3.63, 3.8) is 0 Å². The van der Waals surface area contributed by atoms with Gasteiger partial charge in [-0.2, -0.15) is 18.3 Å². The van der Waals surface area contributed by atoms with Gasteiger partial charge in [-0.25, -0.2) is 0 Å². The third-order valence-corrected chi connectivity index (χ3v) is 4.04. The molecule has 0 aliphatic carbocycles. The van der Waals surface area contributed by atoms with Crippen molar-refractivity contribution >= 4 is 17.5 Å². The molecule has 1 aliphatic heterocycles. The smallest absolute Gasteiger partial charge is 0.362 e. The molecule has 22 heavy (non-hydrogen) atoms. The van der Waals surface area contributed by atoms with E-state index in [4.69, 9.17) is 11.6 Å². The van der Waals surface area contributed by atoms with Crippen molar-refractivity contribution in [2.45, 2.75) is 32.0 Å². The minimum atomic E-state index is -4.44. The molecular weight excluding hydrogens is 323 g/mol. The first-order valence-electron chi connectivity index (χ1n) is 6.83. The molecule has 9 heteroatoms. The molecule has 1 amide bonds. The van der Waals surface area contributed by atoms with Crippen LogP contribution in [0.2, 0.25) is 5.15 Å². The first-order valence-corrected chi connectivity index (χ1v) is 7.21. The zero-order valence-electron chi connectivity index (χ0n) is 12.3. The van der Waals surface area contributed by atoms with E-state index < -0.39 is 25.3 Å². The van der Waals surface area contributed by atoms with Gasteiger partial charge in [0.1, 0.15) is 18.4 Å². The minimum absolute atomic E-state index is 0.261. The average molecular weight is 340 g/mol. The molecule has 1 atom stereocenters. The van der Waals surface area contributed by atoms with E-state index in [1.165, 1.54) is 9.58 Å². The van der Waals surface area contributed by atoms with Gasteiger partial charge in [0, 0.05) is 19.2 Å². The summed E-state index contributed by atoms with van der Waals surface area (Å²) in [4.78, 5) is 13.6. The summed E-state index contributed by atoms with van der Waals surface area (Å²) in [7, 11) is 1.70. The van der Waals surface area contributed by atoms with Gasteiger partial charge in [0.05, 0.1) is 11.7 Å². The van der Waals surface area contributed by atoms with Crippen LogP contribution in [0.3, 0.4) is 0 Å². The summed E-state index contributed by atoms with van der Waals surface area (Å²) in [5.74, 6) is -0.467. The third-order valence-electron chi connectivity index (χ3n) is 3.59. The Morgan fingerprint density at radius 1 is 1.50 bits per heavy atom. The summed E-state index contributed by atoms with van der Waals surface area (Å²) in [6, 6.07) is -0.261. The second kappa shape index (κ2) is 6.45. The van der Waals surface area contributed by atoms with Crippen molar-refractivity contribution in [1.82, 2.24) is 14.7 Å². The maximum Gasteiger partial charge on any atom is 0.411 e. The van der Waals surface area contributed by atoms with E-state index in [0.29, 0.717) is 23.8 Å². The maximum absolute atomic E-state index is 12.1. The van der Waals surface area contributed by atoms with E-state index in [1.807, 2.05) is 0 Å². The number of aryl methyl sites for hydroxylation is 2. The number of likely N-dealkylation sites (tertiary alicyclic amines) is 1. The van der Waals surface area contributed by atoms with Crippen molar-refractivity contribution in [2.24, 2.45) is 7.05 Å². The van der Waals surface area contributed by atoms with Gasteiger partial charge in [-0.3, -0.25) is 9.48 Å². The van der Waals surface area contributed by atoms with Crippen LogP contribution in [0.25, 0.3) is 0 Å². The topological polar surface area (TPSA) is 47.4 Å². The van der Waals surface area contributed by atoms with Crippen LogP contribution in [0.15, 0.2) is 0 Å². The quantitative estimate of drug-likeness (QED) is 0.847. The Bertz CT molecular complexity index is 559. The number of carbonyl (C=O) groups excluding carboxylic acids is 1. The lowest BCUT2D eigenvalue weighted by Crippen LogP contribution is -2.35. The van der Waals surface area contributed by atoms with Crippen molar-refractivity contribution in [1.29, 1.82) is 0 Å². The normalized spacial score (nSPS) is 19.0. The SMILES string of the molecule is Cc1nn(C)c(Cl)c1[C@H]1CCCN1C(=O)COCC(F)(F)F. The van der Waals surface area contributed by atoms with E-state index in [-0.39, 0.29) is 6.04 Å². The second-order valence-electron chi connectivity index (χ2n) is 5.27. The van der Waals surface area contributed by atoms with Crippen molar-refractivity contribution in [2.75, 3.05) is 19.8 Å². The first kappa shape index (κ1) is 17.1. The van der Waals surface area contributed by atoms with Crippen LogP contribution in [-0.2, 0) is 16.6 Å². The highest BCUT2D eigenvalue weighted by atomic mass is 35.5. The number of rotatable bonds is 4. The molecule has 1 aliphatic rings. The third kappa shape index (κ3) is 3.73. The lowest BCUT2D eigenvalue weighted by atomic mass is 10.1. The van der Waals surface area contributed by atoms with Gasteiger partial charge in [0.25, 0.3) is 0 Å². The van der Waals surface area contributed by atoms with Gasteiger partial charge < -0.3 is 9.64 Å². The molecule has 0 saturated carbocycles. The number of aromatic nitrogens is 2. The summed E-state index contributed by atoms with van der Waals surface area (Å²) in [5, 5.41) is 4.65. The molecule has 0 spiro atoms. The first-order chi connectivity index (χ1) is 10.2. The molecule has 1 fully saturated rings. The Morgan fingerprint density at radius 3 is 2.73 bits per heavy atom. The summed E-state index contributed by atoms with van der Waals surface area (Å²) < 4.78 is 42.1. The van der Waals surface area contributed by atoms with Gasteiger partial charge >= 0.3 is 6.18 Å². The monoisotopic (exact) mass is 339 g/mol. The van der Waals surface area contributed by atoms with Crippen LogP contribution in [0.1, 0.15) is 30.1 Å². The molecule has 0 N–H and O–H groups in total. The number of ether oxygens (including phenoxy) is 1. The molecule has 2 rings (SSSR count). The molecule has 0 aromatic carbocycles. The fraction of sp³-hybridized carbons (Fsp3) is 0.692. The standard InChI is InChI=1S/C13H17ClF3N3O2/c1-8-11(12(14)19(2)18-8)9-4-3-5-20(9)10(21)6-22-7-13(15,16)17/h9H,3-7H2,1-2H3/t9-/m1/s1. The maximum atomic E-state index is 12.1. The van der Waals surface area contributed by atoms with Gasteiger partial charge in [-0.15, -0.1) is 0 Å². The Kier molecular flexibility index (Phi) is 5.01. The van der Waals surface area contributed by atoms with E-state index in [1.54, 1.807) is 14.0 Å². The van der Waals surface area contributed by atoms with Gasteiger partial charge in [0.2, 0.25) is 5.91 Å². The summed E-state index contributed by atoms with van der Waals surface area (Å²) >= 11 is 6.21. The van der Waals surface area contributed by atoms with E-state index >= 15 is 0 Å². The Morgan fingerprint density at radius 2 is 2.18 bits per heavy atom. The van der Waals surface area contributed by atoms with Gasteiger partial charge in [0.15, 0.2) is 0 Å². The Hall–Kier alpha value is -1.28. The molecule has 2 heterocycles. The number of halogens is 4. The van der Waals surface area contributed by atoms with Crippen LogP contribution in [0.4, 0.5) is 13.2 Å². The largest absolute Gasteiger partial charge is 0.411 e. The van der Waals surface area contributed by atoms with Gasteiger partial charge in [-0.1, -0.05) is 11.6 Å². The minimum Gasteiger partial charge on any atom is -0.362 e. The molecule has 1 aromatic heterocycles. The second-order valence-corrected chi connectivity index (χ2v) is 5.62. The molecule has 1 saturated heterocycles. The molecule has 0 unspecified atom stereocenters. The number of hydrogen-bond donors (Lipinski definition) is 0. The number of carbonyl (C=O) groups is 1. The number of alkyl halides is 3. The molecule has 5 nitrogen and oxygen atoms in total. The average Bonchev–Trinajstić information content (AvgIpc) is 2.94. The lowest BCUT2D eigenvalue weighted by molar-refractivity contribution is -0.178. The fourth-order valence-corrected chi connectivity index (χ4v) is 3.03. The molecular formula is C13H17ClF3N3O2. The molecule has 0 radical (unpaired) electrons. The van der Waals surface area contributed by atoms with E-state index in [9.17, 15) is 18.0 Å². The van der Waals surface area contributed by atoms with Crippen LogP contribution in [-0.4, -0.2) is 46.5 Å². The van der Waals surface area contributed by atoms with E-state index in [2.05, 4.69) is 9.84 Å².